The summed E-state index contributed by atoms with van der Waals surface area (Å²) in [5.74, 6) is 1.29. The summed E-state index contributed by atoms with van der Waals surface area (Å²) < 4.78 is 23.7. The molecule has 1 aromatic carbocycles. The zero-order valence-corrected chi connectivity index (χ0v) is 12.5. The molecule has 1 aromatic rings. The molecule has 0 radical (unpaired) electrons. The highest BCUT2D eigenvalue weighted by atomic mass is 32.2. The molecule has 2 rings (SSSR count). The number of anilines is 2. The van der Waals surface area contributed by atoms with Crippen molar-refractivity contribution >= 4 is 38.7 Å². The van der Waals surface area contributed by atoms with Gasteiger partial charge >= 0.3 is 0 Å². The second kappa shape index (κ2) is 5.49. The first-order valence-corrected chi connectivity index (χ1v) is 8.99. The van der Waals surface area contributed by atoms with Crippen LogP contribution in [0.2, 0.25) is 0 Å². The van der Waals surface area contributed by atoms with Crippen LogP contribution in [0.3, 0.4) is 0 Å². The Bertz CT molecular complexity index is 633. The molecule has 1 saturated heterocycles. The van der Waals surface area contributed by atoms with Gasteiger partial charge in [0.25, 0.3) is 5.69 Å². The van der Waals surface area contributed by atoms with E-state index in [9.17, 15) is 18.5 Å². The summed E-state index contributed by atoms with van der Waals surface area (Å²) in [6, 6.07) is 4.32. The number of sulfone groups is 1. The number of nitro groups is 1. The van der Waals surface area contributed by atoms with E-state index in [1.807, 2.05) is 0 Å². The summed E-state index contributed by atoms with van der Waals surface area (Å²) in [5.41, 5.74) is 6.13. The first-order chi connectivity index (χ1) is 9.30. The quantitative estimate of drug-likeness (QED) is 0.505. The van der Waals surface area contributed by atoms with Crippen LogP contribution in [-0.2, 0) is 9.84 Å². The van der Waals surface area contributed by atoms with Crippen molar-refractivity contribution in [2.45, 2.75) is 5.37 Å². The molecule has 9 heteroatoms. The van der Waals surface area contributed by atoms with Gasteiger partial charge < -0.3 is 10.6 Å². The number of nitrogens with zero attached hydrogens (tertiary/aromatic N) is 2. The summed E-state index contributed by atoms with van der Waals surface area (Å²) >= 11 is 1.58. The minimum Gasteiger partial charge on any atom is -0.393 e. The second-order valence-corrected chi connectivity index (χ2v) is 7.91. The molecule has 0 bridgehead atoms. The van der Waals surface area contributed by atoms with Crippen molar-refractivity contribution < 1.29 is 13.3 Å². The van der Waals surface area contributed by atoms with Crippen LogP contribution < -0.4 is 10.6 Å². The smallest absolute Gasteiger partial charge is 0.292 e. The number of hydrogen-bond donors (Lipinski definition) is 1. The van der Waals surface area contributed by atoms with Crippen molar-refractivity contribution in [3.8, 4) is 0 Å². The van der Waals surface area contributed by atoms with Gasteiger partial charge in [0.1, 0.15) is 11.1 Å². The van der Waals surface area contributed by atoms with Crippen LogP contribution in [0.4, 0.5) is 17.1 Å². The van der Waals surface area contributed by atoms with Gasteiger partial charge in [-0.25, -0.2) is 8.42 Å². The normalized spacial score (nSPS) is 19.9. The fourth-order valence-electron chi connectivity index (χ4n) is 2.12. The zero-order valence-electron chi connectivity index (χ0n) is 10.9. The van der Waals surface area contributed by atoms with Crippen molar-refractivity contribution in [2.75, 3.05) is 34.9 Å². The molecule has 1 aliphatic heterocycles. The Labute approximate surface area is 121 Å². The van der Waals surface area contributed by atoms with Crippen LogP contribution in [-0.4, -0.2) is 43.0 Å². The standard InChI is InChI=1S/C11H15N3O4S2/c1-20(17,18)11-7-19-5-4-13(11)8-2-3-10(14(15)16)9(12)6-8/h2-3,6,11H,4-5,7,12H2,1H3. The van der Waals surface area contributed by atoms with E-state index in [0.717, 1.165) is 5.75 Å². The number of nitro benzene ring substituents is 1. The van der Waals surface area contributed by atoms with Gasteiger partial charge in [0.05, 0.1) is 4.92 Å². The Morgan fingerprint density at radius 1 is 1.50 bits per heavy atom. The van der Waals surface area contributed by atoms with Crippen molar-refractivity contribution in [1.29, 1.82) is 0 Å². The minimum absolute atomic E-state index is 0.0398. The van der Waals surface area contributed by atoms with E-state index in [0.29, 0.717) is 18.0 Å². The van der Waals surface area contributed by atoms with Gasteiger partial charge in [-0.1, -0.05) is 0 Å². The van der Waals surface area contributed by atoms with Gasteiger partial charge in [-0.05, 0) is 12.1 Å². The first-order valence-electron chi connectivity index (χ1n) is 5.88. The summed E-state index contributed by atoms with van der Waals surface area (Å²) in [6.07, 6.45) is 1.20. The van der Waals surface area contributed by atoms with E-state index in [2.05, 4.69) is 0 Å². The Kier molecular flexibility index (Phi) is 4.09. The summed E-state index contributed by atoms with van der Waals surface area (Å²) in [6.45, 7) is 0.569. The fourth-order valence-corrected chi connectivity index (χ4v) is 4.96. The maximum absolute atomic E-state index is 11.8. The SMILES string of the molecule is CS(=O)(=O)C1CSCCN1c1ccc([N+](=O)[O-])c(N)c1. The Balaban J connectivity index is 2.38. The highest BCUT2D eigenvalue weighted by molar-refractivity contribution is 8.01. The third-order valence-corrected chi connectivity index (χ3v) is 5.76. The molecule has 7 nitrogen and oxygen atoms in total. The van der Waals surface area contributed by atoms with E-state index >= 15 is 0 Å². The van der Waals surface area contributed by atoms with E-state index < -0.39 is 20.1 Å². The van der Waals surface area contributed by atoms with Crippen LogP contribution >= 0.6 is 11.8 Å². The Morgan fingerprint density at radius 2 is 2.20 bits per heavy atom. The van der Waals surface area contributed by atoms with Crippen molar-refractivity contribution in [1.82, 2.24) is 0 Å². The molecule has 0 aliphatic carbocycles. The van der Waals surface area contributed by atoms with Crippen LogP contribution in [0.1, 0.15) is 0 Å². The highest BCUT2D eigenvalue weighted by Crippen LogP contribution is 2.31. The number of nitrogens with two attached hydrogens (primary N) is 1. The molecule has 0 aromatic heterocycles. The molecular weight excluding hydrogens is 302 g/mol. The average Bonchev–Trinajstić information content (AvgIpc) is 2.37. The lowest BCUT2D eigenvalue weighted by molar-refractivity contribution is -0.383. The van der Waals surface area contributed by atoms with E-state index in [1.54, 1.807) is 22.7 Å². The lowest BCUT2D eigenvalue weighted by Gasteiger charge is -2.35. The lowest BCUT2D eigenvalue weighted by Crippen LogP contribution is -2.47. The molecule has 110 valence electrons. The van der Waals surface area contributed by atoms with E-state index in [1.165, 1.54) is 18.4 Å². The van der Waals surface area contributed by atoms with E-state index in [-0.39, 0.29) is 11.4 Å². The Morgan fingerprint density at radius 3 is 2.75 bits per heavy atom. The molecular formula is C11H15N3O4S2. The second-order valence-electron chi connectivity index (χ2n) is 4.55. The van der Waals surface area contributed by atoms with Crippen LogP contribution in [0.25, 0.3) is 0 Å². The number of nitrogen functional groups attached to an aromatic ring is 1. The largest absolute Gasteiger partial charge is 0.393 e. The lowest BCUT2D eigenvalue weighted by atomic mass is 10.2. The van der Waals surface area contributed by atoms with Gasteiger partial charge in [0, 0.05) is 36.1 Å². The number of rotatable bonds is 3. The first kappa shape index (κ1) is 14.9. The maximum Gasteiger partial charge on any atom is 0.292 e. The van der Waals surface area contributed by atoms with Gasteiger partial charge in [-0.2, -0.15) is 11.8 Å². The summed E-state index contributed by atoms with van der Waals surface area (Å²) in [4.78, 5) is 11.9. The van der Waals surface area contributed by atoms with Gasteiger partial charge in [-0.3, -0.25) is 10.1 Å². The molecule has 1 aliphatic rings. The molecule has 0 saturated carbocycles. The van der Waals surface area contributed by atoms with Crippen LogP contribution in [0, 0.1) is 10.1 Å². The maximum atomic E-state index is 11.8. The summed E-state index contributed by atoms with van der Waals surface area (Å²) in [7, 11) is -3.23. The molecule has 1 unspecified atom stereocenters. The molecule has 20 heavy (non-hydrogen) atoms. The molecule has 1 heterocycles. The van der Waals surface area contributed by atoms with E-state index in [4.69, 9.17) is 5.73 Å². The number of benzene rings is 1. The van der Waals surface area contributed by atoms with Crippen LogP contribution in [0.5, 0.6) is 0 Å². The topological polar surface area (TPSA) is 107 Å². The highest BCUT2D eigenvalue weighted by Gasteiger charge is 2.31. The van der Waals surface area contributed by atoms with Crippen LogP contribution in [0.15, 0.2) is 18.2 Å². The predicted octanol–water partition coefficient (Wildman–Crippen LogP) is 1.10. The van der Waals surface area contributed by atoms with Gasteiger partial charge in [0.15, 0.2) is 9.84 Å². The number of hydrogen-bond acceptors (Lipinski definition) is 7. The Hall–Kier alpha value is -1.48. The molecule has 1 atom stereocenters. The summed E-state index contributed by atoms with van der Waals surface area (Å²) in [5, 5.41) is 10.1. The third-order valence-electron chi connectivity index (χ3n) is 3.12. The van der Waals surface area contributed by atoms with Gasteiger partial charge in [0.2, 0.25) is 0 Å². The minimum atomic E-state index is -3.23. The molecule has 0 amide bonds. The third kappa shape index (κ3) is 2.98. The zero-order chi connectivity index (χ0) is 14.9. The van der Waals surface area contributed by atoms with Crippen molar-refractivity contribution in [3.05, 3.63) is 28.3 Å². The number of thioether (sulfide) groups is 1. The molecule has 0 spiro atoms. The molecule has 1 fully saturated rings. The predicted molar refractivity (Wildman–Crippen MR) is 80.8 cm³/mol. The van der Waals surface area contributed by atoms with Gasteiger partial charge in [-0.15, -0.1) is 0 Å². The average molecular weight is 317 g/mol. The molecule has 2 N–H and O–H groups in total. The monoisotopic (exact) mass is 317 g/mol. The van der Waals surface area contributed by atoms with Crippen molar-refractivity contribution in [3.63, 3.8) is 0 Å². The fraction of sp³-hybridized carbons (Fsp3) is 0.455. The van der Waals surface area contributed by atoms with Crippen molar-refractivity contribution in [2.24, 2.45) is 0 Å².